The van der Waals surface area contributed by atoms with Crippen molar-refractivity contribution >= 4 is 43.8 Å². The summed E-state index contributed by atoms with van der Waals surface area (Å²) in [5.41, 5.74) is 2.66. The van der Waals surface area contributed by atoms with Crippen LogP contribution in [0.1, 0.15) is 18.4 Å². The Bertz CT molecular complexity index is 1170. The number of hydrogen-bond acceptors (Lipinski definition) is 6. The van der Waals surface area contributed by atoms with E-state index in [1.807, 2.05) is 6.92 Å². The maximum atomic E-state index is 13.3. The number of nitrogens with zero attached hydrogens (tertiary/aromatic N) is 2. The van der Waals surface area contributed by atoms with Crippen LogP contribution < -0.4 is 14.5 Å². The largest absolute Gasteiger partial charge is 0.494 e. The molecule has 0 radical (unpaired) electrons. The predicted octanol–water partition coefficient (Wildman–Crippen LogP) is 4.09. The van der Waals surface area contributed by atoms with Gasteiger partial charge in [0, 0.05) is 6.07 Å². The highest BCUT2D eigenvalue weighted by molar-refractivity contribution is 9.10. The first-order chi connectivity index (χ1) is 15.3. The Balaban J connectivity index is 1.82. The highest BCUT2D eigenvalue weighted by atomic mass is 79.9. The summed E-state index contributed by atoms with van der Waals surface area (Å²) in [6.07, 6.45) is 1.34. The maximum Gasteiger partial charge on any atom is 0.264 e. The van der Waals surface area contributed by atoms with E-state index in [1.54, 1.807) is 55.5 Å². The zero-order valence-corrected chi connectivity index (χ0v) is 19.9. The number of carbonyl (C=O) groups excluding carboxylic acids is 1. The van der Waals surface area contributed by atoms with E-state index in [4.69, 9.17) is 9.15 Å². The second-order valence-electron chi connectivity index (χ2n) is 6.60. The van der Waals surface area contributed by atoms with Gasteiger partial charge in [-0.2, -0.15) is 5.10 Å². The molecule has 1 aromatic heterocycles. The van der Waals surface area contributed by atoms with Crippen molar-refractivity contribution in [1.29, 1.82) is 0 Å². The minimum atomic E-state index is -4.00. The van der Waals surface area contributed by atoms with Crippen LogP contribution in [0.15, 0.2) is 79.6 Å². The topological polar surface area (TPSA) is 101 Å². The number of aryl methyl sites for hydroxylation is 1. The third kappa shape index (κ3) is 5.77. The van der Waals surface area contributed by atoms with Crippen molar-refractivity contribution in [2.24, 2.45) is 5.10 Å². The molecule has 32 heavy (non-hydrogen) atoms. The van der Waals surface area contributed by atoms with Crippen LogP contribution in [0.25, 0.3) is 0 Å². The molecule has 1 amide bonds. The molecule has 0 aliphatic rings. The average molecular weight is 520 g/mol. The number of benzene rings is 2. The Labute approximate surface area is 195 Å². The Hall–Kier alpha value is -3.11. The average Bonchev–Trinajstić information content (AvgIpc) is 3.10. The number of sulfonamides is 1. The smallest absolute Gasteiger partial charge is 0.264 e. The number of furan rings is 1. The van der Waals surface area contributed by atoms with Gasteiger partial charge in [-0.15, -0.1) is 0 Å². The number of hydrazone groups is 1. The van der Waals surface area contributed by atoms with Crippen molar-refractivity contribution in [1.82, 2.24) is 5.43 Å². The van der Waals surface area contributed by atoms with Crippen molar-refractivity contribution in [2.45, 2.75) is 18.7 Å². The van der Waals surface area contributed by atoms with E-state index >= 15 is 0 Å². The molecule has 0 bridgehead atoms. The van der Waals surface area contributed by atoms with Crippen LogP contribution >= 0.6 is 15.9 Å². The van der Waals surface area contributed by atoms with E-state index in [-0.39, 0.29) is 4.90 Å². The fourth-order valence-corrected chi connectivity index (χ4v) is 4.54. The van der Waals surface area contributed by atoms with Crippen molar-refractivity contribution in [3.63, 3.8) is 0 Å². The van der Waals surface area contributed by atoms with Crippen LogP contribution in [0, 0.1) is 6.92 Å². The first-order valence-corrected chi connectivity index (χ1v) is 11.9. The van der Waals surface area contributed by atoms with Gasteiger partial charge in [0.25, 0.3) is 15.9 Å². The highest BCUT2D eigenvalue weighted by Crippen LogP contribution is 2.25. The predicted molar refractivity (Wildman–Crippen MR) is 125 cm³/mol. The summed E-state index contributed by atoms with van der Waals surface area (Å²) in [4.78, 5) is 12.6. The Morgan fingerprint density at radius 1 is 1.19 bits per heavy atom. The number of amides is 1. The van der Waals surface area contributed by atoms with E-state index in [2.05, 4.69) is 26.5 Å². The van der Waals surface area contributed by atoms with Gasteiger partial charge in [0.15, 0.2) is 0 Å². The molecular weight excluding hydrogens is 498 g/mol. The molecule has 0 saturated heterocycles. The molecule has 3 aromatic rings. The number of hydrogen-bond donors (Lipinski definition) is 1. The monoisotopic (exact) mass is 519 g/mol. The third-order valence-electron chi connectivity index (χ3n) is 4.31. The van der Waals surface area contributed by atoms with Gasteiger partial charge in [-0.3, -0.25) is 9.10 Å². The molecule has 0 aliphatic heterocycles. The summed E-state index contributed by atoms with van der Waals surface area (Å²) in [7, 11) is -4.00. The number of halogens is 1. The molecule has 0 atom stereocenters. The minimum absolute atomic E-state index is 0.0705. The van der Waals surface area contributed by atoms with Gasteiger partial charge in [-0.25, -0.2) is 13.8 Å². The van der Waals surface area contributed by atoms with Crippen LogP contribution in [0.3, 0.4) is 0 Å². The lowest BCUT2D eigenvalue weighted by molar-refractivity contribution is -0.119. The van der Waals surface area contributed by atoms with Crippen LogP contribution in [0.2, 0.25) is 0 Å². The summed E-state index contributed by atoms with van der Waals surface area (Å²) in [6.45, 7) is 3.65. The molecule has 1 heterocycles. The summed E-state index contributed by atoms with van der Waals surface area (Å²) in [6, 6.07) is 16.1. The highest BCUT2D eigenvalue weighted by Gasteiger charge is 2.27. The number of ether oxygens (including phenoxy) is 1. The Morgan fingerprint density at radius 3 is 2.47 bits per heavy atom. The fraction of sp³-hybridized carbons (Fsp3) is 0.182. The van der Waals surface area contributed by atoms with Gasteiger partial charge in [-0.05, 0) is 66.2 Å². The molecule has 168 valence electrons. The molecule has 0 fully saturated rings. The molecule has 0 unspecified atom stereocenters. The lowest BCUT2D eigenvalue weighted by atomic mass is 10.3. The van der Waals surface area contributed by atoms with Crippen LogP contribution in [0.4, 0.5) is 5.69 Å². The fourth-order valence-electron chi connectivity index (χ4n) is 2.79. The number of carbonyl (C=O) groups is 1. The summed E-state index contributed by atoms with van der Waals surface area (Å²) in [5, 5.41) is 3.86. The normalized spacial score (nSPS) is 11.5. The third-order valence-corrected chi connectivity index (χ3v) is 6.89. The zero-order valence-electron chi connectivity index (χ0n) is 17.5. The van der Waals surface area contributed by atoms with E-state index < -0.39 is 22.5 Å². The van der Waals surface area contributed by atoms with Gasteiger partial charge in [-0.1, -0.05) is 18.2 Å². The van der Waals surface area contributed by atoms with E-state index in [1.165, 1.54) is 18.3 Å². The first kappa shape index (κ1) is 23.6. The molecular formula is C22H22BrN3O5S. The second kappa shape index (κ2) is 10.5. The quantitative estimate of drug-likeness (QED) is 0.338. The number of nitrogens with one attached hydrogen (secondary N) is 1. The van der Waals surface area contributed by atoms with Gasteiger partial charge in [0.2, 0.25) is 0 Å². The van der Waals surface area contributed by atoms with Gasteiger partial charge in [0.05, 0.1) is 27.9 Å². The lowest BCUT2D eigenvalue weighted by Crippen LogP contribution is -2.39. The van der Waals surface area contributed by atoms with Crippen LogP contribution in [-0.2, 0) is 14.8 Å². The summed E-state index contributed by atoms with van der Waals surface area (Å²) in [5.74, 6) is 1.10. The second-order valence-corrected chi connectivity index (χ2v) is 9.31. The van der Waals surface area contributed by atoms with Gasteiger partial charge in [0.1, 0.15) is 23.8 Å². The molecule has 0 spiro atoms. The van der Waals surface area contributed by atoms with E-state index in [0.29, 0.717) is 29.6 Å². The number of rotatable bonds is 9. The van der Waals surface area contributed by atoms with E-state index in [0.717, 1.165) is 8.78 Å². The van der Waals surface area contributed by atoms with Crippen LogP contribution in [-0.4, -0.2) is 33.7 Å². The van der Waals surface area contributed by atoms with Crippen molar-refractivity contribution < 1.29 is 22.4 Å². The van der Waals surface area contributed by atoms with Gasteiger partial charge < -0.3 is 9.15 Å². The van der Waals surface area contributed by atoms with Crippen LogP contribution in [0.5, 0.6) is 5.75 Å². The molecule has 8 nitrogen and oxygen atoms in total. The molecule has 1 N–H and O–H groups in total. The minimum Gasteiger partial charge on any atom is -0.494 e. The SMILES string of the molecule is CCOc1ccc(N(CC(=O)N/N=C/c2cc(Br)c(C)o2)S(=O)(=O)c2ccccc2)cc1. The van der Waals surface area contributed by atoms with Crippen molar-refractivity contribution in [3.05, 3.63) is 76.7 Å². The Morgan fingerprint density at radius 2 is 1.88 bits per heavy atom. The standard InChI is InChI=1S/C22H22BrN3O5S/c1-3-30-18-11-9-17(10-12-18)26(32(28,29)20-7-5-4-6-8-20)15-22(27)25-24-14-19-13-21(23)16(2)31-19/h4-14H,3,15H2,1-2H3,(H,25,27)/b24-14+. The van der Waals surface area contributed by atoms with Crippen molar-refractivity contribution in [3.8, 4) is 5.75 Å². The van der Waals surface area contributed by atoms with Gasteiger partial charge >= 0.3 is 0 Å². The Kier molecular flexibility index (Phi) is 7.70. The maximum absolute atomic E-state index is 13.3. The number of anilines is 1. The first-order valence-electron chi connectivity index (χ1n) is 9.69. The lowest BCUT2D eigenvalue weighted by Gasteiger charge is -2.23. The molecule has 10 heteroatoms. The zero-order chi connectivity index (χ0) is 23.1. The molecule has 3 rings (SSSR count). The summed E-state index contributed by atoms with van der Waals surface area (Å²) < 4.78 is 39.2. The van der Waals surface area contributed by atoms with Crippen molar-refractivity contribution in [2.75, 3.05) is 17.5 Å². The summed E-state index contributed by atoms with van der Waals surface area (Å²) >= 11 is 3.33. The molecule has 2 aromatic carbocycles. The molecule has 0 aliphatic carbocycles. The molecule has 0 saturated carbocycles. The van der Waals surface area contributed by atoms with E-state index in [9.17, 15) is 13.2 Å².